The molecule has 0 spiro atoms. The van der Waals surface area contributed by atoms with E-state index < -0.39 is 5.97 Å². The van der Waals surface area contributed by atoms with E-state index in [1.807, 2.05) is 0 Å². The second-order valence-corrected chi connectivity index (χ2v) is 1.12. The van der Waals surface area contributed by atoms with E-state index >= 15 is 0 Å². The molecule has 0 amide bonds. The Morgan fingerprint density at radius 3 is 2.88 bits per heavy atom. The van der Waals surface area contributed by atoms with Crippen LogP contribution in [0.3, 0.4) is 0 Å². The van der Waals surface area contributed by atoms with Crippen LogP contribution in [-0.4, -0.2) is 24.3 Å². The highest BCUT2D eigenvalue weighted by molar-refractivity contribution is 5.76. The third kappa shape index (κ3) is 5.43. The molecule has 0 aromatic heterocycles. The van der Waals surface area contributed by atoms with Gasteiger partial charge in [0.15, 0.2) is 0 Å². The number of carboxylic acid groups (broad SMARTS) is 1. The van der Waals surface area contributed by atoms with E-state index in [0.717, 1.165) is 6.42 Å². The Balaban J connectivity index is 2.82. The maximum absolute atomic E-state index is 9.72. The SMILES string of the molecule is [CH2]COC[CH]C(=O)O. The molecule has 0 aliphatic carbocycles. The second-order valence-electron chi connectivity index (χ2n) is 1.12. The summed E-state index contributed by atoms with van der Waals surface area (Å²) in [4.78, 5) is 9.72. The lowest BCUT2D eigenvalue weighted by Crippen LogP contribution is -2.02. The maximum atomic E-state index is 9.72. The lowest BCUT2D eigenvalue weighted by Gasteiger charge is -1.93. The molecule has 8 heavy (non-hydrogen) atoms. The third-order valence-electron chi connectivity index (χ3n) is 0.520. The van der Waals surface area contributed by atoms with Gasteiger partial charge < -0.3 is 9.84 Å². The minimum absolute atomic E-state index is 0.138. The summed E-state index contributed by atoms with van der Waals surface area (Å²) < 4.78 is 4.60. The number of ether oxygens (including phenoxy) is 1. The van der Waals surface area contributed by atoms with Crippen molar-refractivity contribution in [1.82, 2.24) is 0 Å². The fourth-order valence-electron chi connectivity index (χ4n) is 0.214. The van der Waals surface area contributed by atoms with Crippen molar-refractivity contribution in [1.29, 1.82) is 0 Å². The van der Waals surface area contributed by atoms with Crippen LogP contribution < -0.4 is 0 Å². The molecule has 3 heteroatoms. The molecule has 0 bridgehead atoms. The van der Waals surface area contributed by atoms with Gasteiger partial charge in [-0.3, -0.25) is 4.79 Å². The van der Waals surface area contributed by atoms with Crippen molar-refractivity contribution in [3.8, 4) is 0 Å². The number of carboxylic acids is 1. The molecule has 0 unspecified atom stereocenters. The Labute approximate surface area is 48.3 Å². The van der Waals surface area contributed by atoms with Gasteiger partial charge in [-0.1, -0.05) is 0 Å². The van der Waals surface area contributed by atoms with E-state index in [9.17, 15) is 4.79 Å². The van der Waals surface area contributed by atoms with Gasteiger partial charge in [-0.2, -0.15) is 0 Å². The molecular formula is C5H8O3. The number of rotatable bonds is 4. The highest BCUT2D eigenvalue weighted by Crippen LogP contribution is 1.78. The lowest BCUT2D eigenvalue weighted by atomic mass is 10.5. The summed E-state index contributed by atoms with van der Waals surface area (Å²) in [5.41, 5.74) is 0. The molecule has 0 saturated heterocycles. The molecule has 2 radical (unpaired) electrons. The van der Waals surface area contributed by atoms with E-state index in [-0.39, 0.29) is 6.61 Å². The van der Waals surface area contributed by atoms with E-state index in [2.05, 4.69) is 11.7 Å². The first-order chi connectivity index (χ1) is 3.77. The third-order valence-corrected chi connectivity index (χ3v) is 0.520. The van der Waals surface area contributed by atoms with Crippen LogP contribution >= 0.6 is 0 Å². The summed E-state index contributed by atoms with van der Waals surface area (Å²) in [6, 6.07) is 0. The molecule has 0 aliphatic rings. The van der Waals surface area contributed by atoms with E-state index in [1.165, 1.54) is 0 Å². The van der Waals surface area contributed by atoms with Crippen molar-refractivity contribution in [3.63, 3.8) is 0 Å². The molecule has 0 fully saturated rings. The Bertz CT molecular complexity index is 70.1. The van der Waals surface area contributed by atoms with Crippen molar-refractivity contribution < 1.29 is 14.6 Å². The van der Waals surface area contributed by atoms with Crippen LogP contribution in [0, 0.1) is 13.3 Å². The smallest absolute Gasteiger partial charge is 0.309 e. The molecule has 0 aromatic carbocycles. The van der Waals surface area contributed by atoms with Crippen molar-refractivity contribution in [2.75, 3.05) is 13.2 Å². The topological polar surface area (TPSA) is 46.5 Å². The fourth-order valence-corrected chi connectivity index (χ4v) is 0.214. The summed E-state index contributed by atoms with van der Waals surface area (Å²) >= 11 is 0. The summed E-state index contributed by atoms with van der Waals surface area (Å²) in [6.45, 7) is 3.79. The number of carbonyl (C=O) groups is 1. The average Bonchev–Trinajstić information content (AvgIpc) is 1.66. The largest absolute Gasteiger partial charge is 0.481 e. The van der Waals surface area contributed by atoms with Gasteiger partial charge in [0.25, 0.3) is 0 Å². The number of hydrogen-bond donors (Lipinski definition) is 1. The Hall–Kier alpha value is -0.570. The Morgan fingerprint density at radius 2 is 2.50 bits per heavy atom. The number of aliphatic carboxylic acids is 1. The van der Waals surface area contributed by atoms with Gasteiger partial charge in [0.2, 0.25) is 0 Å². The zero-order valence-electron chi connectivity index (χ0n) is 4.46. The van der Waals surface area contributed by atoms with Crippen LogP contribution in [0.1, 0.15) is 0 Å². The van der Waals surface area contributed by atoms with Crippen molar-refractivity contribution in [3.05, 3.63) is 13.3 Å². The first kappa shape index (κ1) is 7.43. The van der Waals surface area contributed by atoms with Crippen LogP contribution in [0.5, 0.6) is 0 Å². The van der Waals surface area contributed by atoms with Gasteiger partial charge in [0, 0.05) is 6.61 Å². The molecule has 0 aromatic rings. The van der Waals surface area contributed by atoms with Gasteiger partial charge in [0.05, 0.1) is 13.0 Å². The van der Waals surface area contributed by atoms with E-state index in [4.69, 9.17) is 5.11 Å². The zero-order chi connectivity index (χ0) is 6.41. The van der Waals surface area contributed by atoms with Gasteiger partial charge >= 0.3 is 5.97 Å². The molecule has 0 heterocycles. The quantitative estimate of drug-likeness (QED) is 0.531. The molecule has 0 rings (SSSR count). The van der Waals surface area contributed by atoms with Crippen LogP contribution in [0.15, 0.2) is 0 Å². The summed E-state index contributed by atoms with van der Waals surface area (Å²) in [7, 11) is 0. The van der Waals surface area contributed by atoms with Crippen molar-refractivity contribution in [2.24, 2.45) is 0 Å². The molecule has 0 atom stereocenters. The van der Waals surface area contributed by atoms with Gasteiger partial charge in [-0.05, 0) is 6.92 Å². The molecular weight excluding hydrogens is 108 g/mol. The van der Waals surface area contributed by atoms with E-state index in [0.29, 0.717) is 6.61 Å². The van der Waals surface area contributed by atoms with Crippen molar-refractivity contribution >= 4 is 5.97 Å². The normalized spacial score (nSPS) is 9.12. The van der Waals surface area contributed by atoms with Crippen LogP contribution in [0.2, 0.25) is 0 Å². The van der Waals surface area contributed by atoms with Gasteiger partial charge in [-0.15, -0.1) is 0 Å². The Morgan fingerprint density at radius 1 is 1.88 bits per heavy atom. The van der Waals surface area contributed by atoms with Crippen molar-refractivity contribution in [2.45, 2.75) is 0 Å². The highest BCUT2D eigenvalue weighted by Gasteiger charge is 1.93. The zero-order valence-corrected chi connectivity index (χ0v) is 4.46. The van der Waals surface area contributed by atoms with E-state index in [1.54, 1.807) is 0 Å². The summed E-state index contributed by atoms with van der Waals surface area (Å²) in [5, 5.41) is 7.98. The molecule has 1 N–H and O–H groups in total. The van der Waals surface area contributed by atoms with Crippen LogP contribution in [-0.2, 0) is 9.53 Å². The number of hydrogen-bond acceptors (Lipinski definition) is 2. The molecule has 46 valence electrons. The lowest BCUT2D eigenvalue weighted by molar-refractivity contribution is -0.133. The summed E-state index contributed by atoms with van der Waals surface area (Å²) in [6.07, 6.45) is 1.03. The second kappa shape index (κ2) is 4.59. The monoisotopic (exact) mass is 116 g/mol. The highest BCUT2D eigenvalue weighted by atomic mass is 16.5. The first-order valence-electron chi connectivity index (χ1n) is 2.20. The summed E-state index contributed by atoms with van der Waals surface area (Å²) in [5.74, 6) is -0.960. The predicted octanol–water partition coefficient (Wildman–Crippen LogP) is 0.126. The minimum Gasteiger partial charge on any atom is -0.481 e. The molecule has 0 aliphatic heterocycles. The standard InChI is InChI=1S/C5H8O3/c1-2-8-4-3-5(6)7/h3H,1-2,4H2,(H,6,7). The molecule has 0 saturated carbocycles. The Kier molecular flexibility index (Phi) is 4.26. The van der Waals surface area contributed by atoms with Gasteiger partial charge in [-0.25, -0.2) is 0 Å². The maximum Gasteiger partial charge on any atom is 0.309 e. The first-order valence-corrected chi connectivity index (χ1v) is 2.20. The van der Waals surface area contributed by atoms with Gasteiger partial charge in [0.1, 0.15) is 0 Å². The predicted molar refractivity (Wildman–Crippen MR) is 28.1 cm³/mol. The van der Waals surface area contributed by atoms with Crippen LogP contribution in [0.25, 0.3) is 0 Å². The van der Waals surface area contributed by atoms with Crippen LogP contribution in [0.4, 0.5) is 0 Å². The minimum atomic E-state index is -0.960. The fraction of sp³-hybridized carbons (Fsp3) is 0.400. The molecule has 3 nitrogen and oxygen atoms in total. The average molecular weight is 116 g/mol.